The Bertz CT molecular complexity index is 467. The van der Waals surface area contributed by atoms with Gasteiger partial charge in [0.25, 0.3) is 0 Å². The summed E-state index contributed by atoms with van der Waals surface area (Å²) < 4.78 is 0. The van der Waals surface area contributed by atoms with Crippen molar-refractivity contribution in [2.45, 2.75) is 65.1 Å². The molecule has 1 saturated heterocycles. The maximum absolute atomic E-state index is 4.78. The molecule has 110 valence electrons. The Kier molecular flexibility index (Phi) is 3.97. The lowest BCUT2D eigenvalue weighted by Gasteiger charge is -2.38. The maximum atomic E-state index is 4.78. The van der Waals surface area contributed by atoms with Gasteiger partial charge < -0.3 is 10.2 Å². The van der Waals surface area contributed by atoms with Gasteiger partial charge in [-0.05, 0) is 63.1 Å². The van der Waals surface area contributed by atoms with Crippen molar-refractivity contribution in [3.8, 4) is 0 Å². The molecule has 3 heteroatoms. The van der Waals surface area contributed by atoms with Crippen molar-refractivity contribution >= 4 is 5.82 Å². The molecule has 0 aromatic carbocycles. The molecule has 0 radical (unpaired) electrons. The largest absolute Gasteiger partial charge is 0.354 e. The lowest BCUT2D eigenvalue weighted by molar-refractivity contribution is 0.388. The lowest BCUT2D eigenvalue weighted by Crippen LogP contribution is -2.41. The van der Waals surface area contributed by atoms with Crippen LogP contribution < -0.4 is 10.2 Å². The van der Waals surface area contributed by atoms with Gasteiger partial charge in [-0.15, -0.1) is 0 Å². The molecule has 2 unspecified atom stereocenters. The van der Waals surface area contributed by atoms with Crippen LogP contribution in [0.25, 0.3) is 0 Å². The summed E-state index contributed by atoms with van der Waals surface area (Å²) in [4.78, 5) is 7.29. The molecule has 20 heavy (non-hydrogen) atoms. The van der Waals surface area contributed by atoms with Gasteiger partial charge in [-0.2, -0.15) is 0 Å². The minimum absolute atomic E-state index is 0.616. The number of pyridine rings is 1. The van der Waals surface area contributed by atoms with E-state index in [1.54, 1.807) is 0 Å². The Morgan fingerprint density at radius 2 is 2.00 bits per heavy atom. The van der Waals surface area contributed by atoms with Crippen LogP contribution in [0, 0.1) is 12.8 Å². The Morgan fingerprint density at radius 1 is 1.20 bits per heavy atom. The Hall–Kier alpha value is -1.09. The predicted octanol–water partition coefficient (Wildman–Crippen LogP) is 3.27. The minimum atomic E-state index is 0.616. The van der Waals surface area contributed by atoms with E-state index in [1.807, 2.05) is 0 Å². The number of hydrogen-bond donors (Lipinski definition) is 1. The molecule has 1 saturated carbocycles. The summed E-state index contributed by atoms with van der Waals surface area (Å²) in [6.45, 7) is 8.93. The van der Waals surface area contributed by atoms with Crippen molar-refractivity contribution in [1.82, 2.24) is 10.3 Å². The molecule has 1 aliphatic carbocycles. The standard InChI is InChI=1S/C17H27N3/c1-12-4-5-14(3)20(11-12)17-9-15(8-13(2)19-17)10-18-16-6-7-16/h8-9,12,14,16,18H,4-7,10-11H2,1-3H3. The lowest BCUT2D eigenvalue weighted by atomic mass is 9.95. The number of aryl methyl sites for hydroxylation is 1. The Morgan fingerprint density at radius 3 is 2.75 bits per heavy atom. The van der Waals surface area contributed by atoms with Crippen molar-refractivity contribution in [1.29, 1.82) is 0 Å². The van der Waals surface area contributed by atoms with Crippen LogP contribution in [-0.2, 0) is 6.54 Å². The summed E-state index contributed by atoms with van der Waals surface area (Å²) in [6, 6.07) is 5.89. The highest BCUT2D eigenvalue weighted by molar-refractivity contribution is 5.44. The average Bonchev–Trinajstić information content (AvgIpc) is 3.23. The molecular weight excluding hydrogens is 246 g/mol. The van der Waals surface area contributed by atoms with Crippen LogP contribution in [0.15, 0.2) is 12.1 Å². The van der Waals surface area contributed by atoms with E-state index < -0.39 is 0 Å². The van der Waals surface area contributed by atoms with E-state index >= 15 is 0 Å². The highest BCUT2D eigenvalue weighted by Gasteiger charge is 2.24. The van der Waals surface area contributed by atoms with Crippen LogP contribution in [0.5, 0.6) is 0 Å². The van der Waals surface area contributed by atoms with Gasteiger partial charge in [0.2, 0.25) is 0 Å². The number of nitrogens with zero attached hydrogens (tertiary/aromatic N) is 2. The first-order valence-corrected chi connectivity index (χ1v) is 8.09. The molecule has 1 aliphatic heterocycles. The van der Waals surface area contributed by atoms with Crippen LogP contribution in [0.2, 0.25) is 0 Å². The van der Waals surface area contributed by atoms with E-state index in [2.05, 4.69) is 43.1 Å². The zero-order valence-corrected chi connectivity index (χ0v) is 13.0. The SMILES string of the molecule is Cc1cc(CNC2CC2)cc(N2CC(C)CCC2C)n1. The first-order chi connectivity index (χ1) is 9.61. The van der Waals surface area contributed by atoms with Crippen molar-refractivity contribution in [3.63, 3.8) is 0 Å². The van der Waals surface area contributed by atoms with E-state index in [-0.39, 0.29) is 0 Å². The first kappa shape index (κ1) is 13.9. The molecule has 1 aromatic heterocycles. The van der Waals surface area contributed by atoms with Gasteiger partial charge >= 0.3 is 0 Å². The van der Waals surface area contributed by atoms with Crippen molar-refractivity contribution in [2.24, 2.45) is 5.92 Å². The number of rotatable bonds is 4. The zero-order valence-electron chi connectivity index (χ0n) is 13.0. The number of hydrogen-bond acceptors (Lipinski definition) is 3. The summed E-state index contributed by atoms with van der Waals surface area (Å²) >= 11 is 0. The van der Waals surface area contributed by atoms with Crippen LogP contribution >= 0.6 is 0 Å². The van der Waals surface area contributed by atoms with Gasteiger partial charge in [0.05, 0.1) is 0 Å². The molecule has 1 aromatic rings. The third-order valence-corrected chi connectivity index (χ3v) is 4.58. The van der Waals surface area contributed by atoms with Crippen LogP contribution in [0.3, 0.4) is 0 Å². The van der Waals surface area contributed by atoms with E-state index in [4.69, 9.17) is 4.98 Å². The highest BCUT2D eigenvalue weighted by Crippen LogP contribution is 2.27. The third kappa shape index (κ3) is 3.32. The fourth-order valence-corrected chi connectivity index (χ4v) is 3.13. The van der Waals surface area contributed by atoms with Crippen molar-refractivity contribution < 1.29 is 0 Å². The summed E-state index contributed by atoms with van der Waals surface area (Å²) in [5, 5.41) is 3.60. The average molecular weight is 273 g/mol. The van der Waals surface area contributed by atoms with Crippen LogP contribution in [0.1, 0.15) is 50.8 Å². The molecule has 1 N–H and O–H groups in total. The van der Waals surface area contributed by atoms with Crippen LogP contribution in [-0.4, -0.2) is 23.6 Å². The summed E-state index contributed by atoms with van der Waals surface area (Å²) in [6.07, 6.45) is 5.32. The van der Waals surface area contributed by atoms with Gasteiger partial charge in [0, 0.05) is 30.9 Å². The van der Waals surface area contributed by atoms with Crippen molar-refractivity contribution in [2.75, 3.05) is 11.4 Å². The second kappa shape index (κ2) is 5.72. The quantitative estimate of drug-likeness (QED) is 0.912. The molecule has 2 atom stereocenters. The maximum Gasteiger partial charge on any atom is 0.129 e. The monoisotopic (exact) mass is 273 g/mol. The normalized spacial score (nSPS) is 26.9. The number of piperidine rings is 1. The van der Waals surface area contributed by atoms with E-state index in [9.17, 15) is 0 Å². The highest BCUT2D eigenvalue weighted by atomic mass is 15.2. The molecule has 0 spiro atoms. The second-order valence-corrected chi connectivity index (χ2v) is 6.81. The molecule has 0 bridgehead atoms. The van der Waals surface area contributed by atoms with Gasteiger partial charge in [-0.3, -0.25) is 0 Å². The molecule has 2 fully saturated rings. The topological polar surface area (TPSA) is 28.2 Å². The van der Waals surface area contributed by atoms with Gasteiger partial charge in [0.1, 0.15) is 5.82 Å². The fourth-order valence-electron chi connectivity index (χ4n) is 3.13. The third-order valence-electron chi connectivity index (χ3n) is 4.58. The molecular formula is C17H27N3. The summed E-state index contributed by atoms with van der Waals surface area (Å²) in [7, 11) is 0. The molecule has 2 heterocycles. The van der Waals surface area contributed by atoms with Gasteiger partial charge in [-0.25, -0.2) is 4.98 Å². The minimum Gasteiger partial charge on any atom is -0.354 e. The molecule has 0 amide bonds. The first-order valence-electron chi connectivity index (χ1n) is 8.09. The fraction of sp³-hybridized carbons (Fsp3) is 0.706. The summed E-state index contributed by atoms with van der Waals surface area (Å²) in [5.74, 6) is 1.96. The van der Waals surface area contributed by atoms with E-state index in [1.165, 1.54) is 37.1 Å². The van der Waals surface area contributed by atoms with Crippen molar-refractivity contribution in [3.05, 3.63) is 23.4 Å². The van der Waals surface area contributed by atoms with E-state index in [0.29, 0.717) is 6.04 Å². The molecule has 3 rings (SSSR count). The second-order valence-electron chi connectivity index (χ2n) is 6.81. The Labute approximate surface area is 122 Å². The number of nitrogens with one attached hydrogen (secondary N) is 1. The Balaban J connectivity index is 1.76. The summed E-state index contributed by atoms with van der Waals surface area (Å²) in [5.41, 5.74) is 2.52. The zero-order chi connectivity index (χ0) is 14.1. The van der Waals surface area contributed by atoms with E-state index in [0.717, 1.165) is 30.7 Å². The molecule has 3 nitrogen and oxygen atoms in total. The number of aromatic nitrogens is 1. The smallest absolute Gasteiger partial charge is 0.129 e. The predicted molar refractivity (Wildman–Crippen MR) is 84.0 cm³/mol. The molecule has 2 aliphatic rings. The number of anilines is 1. The van der Waals surface area contributed by atoms with Crippen LogP contribution in [0.4, 0.5) is 5.82 Å². The van der Waals surface area contributed by atoms with Gasteiger partial charge in [0.15, 0.2) is 0 Å². The van der Waals surface area contributed by atoms with Gasteiger partial charge in [-0.1, -0.05) is 6.92 Å².